The quantitative estimate of drug-likeness (QED) is 0.767. The second-order valence-electron chi connectivity index (χ2n) is 4.53. The van der Waals surface area contributed by atoms with Crippen LogP contribution >= 0.6 is 11.3 Å². The average Bonchev–Trinajstić information content (AvgIpc) is 3.05. The fraction of sp³-hybridized carbons (Fsp3) is 0.0667. The Hall–Kier alpha value is -2.45. The van der Waals surface area contributed by atoms with Gasteiger partial charge in [-0.2, -0.15) is 0 Å². The minimum absolute atomic E-state index is 0.114. The summed E-state index contributed by atoms with van der Waals surface area (Å²) in [5, 5.41) is 1.66. The summed E-state index contributed by atoms with van der Waals surface area (Å²) in [6, 6.07) is 10.9. The van der Waals surface area contributed by atoms with E-state index < -0.39 is 10.0 Å². The van der Waals surface area contributed by atoms with Gasteiger partial charge < -0.3 is 4.74 Å². The normalized spacial score (nSPS) is 11.2. The molecular weight excluding hydrogens is 334 g/mol. The summed E-state index contributed by atoms with van der Waals surface area (Å²) in [6.45, 7) is 0. The highest BCUT2D eigenvalue weighted by Crippen LogP contribution is 2.32. The maximum atomic E-state index is 12.6. The summed E-state index contributed by atoms with van der Waals surface area (Å²) >= 11 is 1.09. The van der Waals surface area contributed by atoms with Crippen LogP contribution in [0.1, 0.15) is 0 Å². The Morgan fingerprint density at radius 3 is 2.70 bits per heavy atom. The Bertz CT molecular complexity index is 908. The zero-order chi connectivity index (χ0) is 16.3. The fourth-order valence-corrected chi connectivity index (χ4v) is 4.38. The predicted octanol–water partition coefficient (Wildman–Crippen LogP) is 3.01. The maximum Gasteiger partial charge on any atom is 0.275 e. The summed E-state index contributed by atoms with van der Waals surface area (Å²) in [5.41, 5.74) is 1.62. The van der Waals surface area contributed by atoms with Crippen LogP contribution in [0.15, 0.2) is 58.5 Å². The van der Waals surface area contributed by atoms with Gasteiger partial charge in [0.2, 0.25) is 0 Å². The van der Waals surface area contributed by atoms with Crippen LogP contribution in [-0.2, 0) is 10.0 Å². The molecule has 0 saturated carbocycles. The zero-order valence-electron chi connectivity index (χ0n) is 12.1. The molecule has 118 valence electrons. The van der Waals surface area contributed by atoms with Crippen molar-refractivity contribution in [1.82, 2.24) is 9.97 Å². The third-order valence-electron chi connectivity index (χ3n) is 3.06. The molecule has 0 unspecified atom stereocenters. The van der Waals surface area contributed by atoms with Gasteiger partial charge in [0.1, 0.15) is 12.1 Å². The minimum atomic E-state index is -3.78. The molecule has 2 heterocycles. The van der Waals surface area contributed by atoms with Crippen LogP contribution in [0.3, 0.4) is 0 Å². The van der Waals surface area contributed by atoms with Gasteiger partial charge in [-0.3, -0.25) is 4.72 Å². The Morgan fingerprint density at radius 1 is 1.17 bits per heavy atom. The van der Waals surface area contributed by atoms with Crippen molar-refractivity contribution < 1.29 is 13.2 Å². The van der Waals surface area contributed by atoms with Crippen molar-refractivity contribution >= 4 is 27.0 Å². The van der Waals surface area contributed by atoms with Crippen LogP contribution in [0.2, 0.25) is 0 Å². The molecular formula is C15H13N3O3S2. The van der Waals surface area contributed by atoms with Gasteiger partial charge in [-0.15, -0.1) is 11.3 Å². The lowest BCUT2D eigenvalue weighted by atomic mass is 10.1. The number of ether oxygens (including phenoxy) is 1. The van der Waals surface area contributed by atoms with Crippen LogP contribution in [0, 0.1) is 0 Å². The molecule has 0 aliphatic carbocycles. The number of thiophene rings is 1. The lowest BCUT2D eigenvalue weighted by molar-refractivity contribution is 0.406. The standard InChI is InChI=1S/C15H13N3O3S2/c1-21-13-7-8-22-15(13)23(19,20)18-12-9-16-10-17-14(12)11-5-3-2-4-6-11/h2-10,18H,1H3. The Labute approximate surface area is 137 Å². The first-order valence-electron chi connectivity index (χ1n) is 6.61. The number of hydrogen-bond acceptors (Lipinski definition) is 6. The molecule has 23 heavy (non-hydrogen) atoms. The van der Waals surface area contributed by atoms with E-state index in [1.54, 1.807) is 11.4 Å². The van der Waals surface area contributed by atoms with E-state index in [2.05, 4.69) is 14.7 Å². The molecule has 0 bridgehead atoms. The Balaban J connectivity index is 2.01. The smallest absolute Gasteiger partial charge is 0.275 e. The minimum Gasteiger partial charge on any atom is -0.494 e. The van der Waals surface area contributed by atoms with Gasteiger partial charge in [-0.1, -0.05) is 30.3 Å². The highest BCUT2D eigenvalue weighted by Gasteiger charge is 2.23. The zero-order valence-corrected chi connectivity index (χ0v) is 13.8. The number of anilines is 1. The van der Waals surface area contributed by atoms with Gasteiger partial charge in [0.25, 0.3) is 10.0 Å². The van der Waals surface area contributed by atoms with Crippen molar-refractivity contribution in [2.24, 2.45) is 0 Å². The third-order valence-corrected chi connectivity index (χ3v) is 5.88. The highest BCUT2D eigenvalue weighted by atomic mass is 32.2. The van der Waals surface area contributed by atoms with Crippen LogP contribution in [0.25, 0.3) is 11.3 Å². The van der Waals surface area contributed by atoms with Gasteiger partial charge in [0.05, 0.1) is 24.7 Å². The van der Waals surface area contributed by atoms with Crippen molar-refractivity contribution in [2.45, 2.75) is 4.21 Å². The van der Waals surface area contributed by atoms with E-state index in [0.717, 1.165) is 16.9 Å². The number of aromatic nitrogens is 2. The molecule has 0 amide bonds. The van der Waals surface area contributed by atoms with Gasteiger partial charge in [0, 0.05) is 5.56 Å². The predicted molar refractivity (Wildman–Crippen MR) is 89.1 cm³/mol. The largest absolute Gasteiger partial charge is 0.494 e. The summed E-state index contributed by atoms with van der Waals surface area (Å²) in [6.07, 6.45) is 2.82. The monoisotopic (exact) mass is 347 g/mol. The van der Waals surface area contributed by atoms with Crippen molar-refractivity contribution in [1.29, 1.82) is 0 Å². The van der Waals surface area contributed by atoms with Gasteiger partial charge in [-0.05, 0) is 11.4 Å². The first kappa shape index (κ1) is 15.4. The molecule has 1 N–H and O–H groups in total. The molecule has 0 fully saturated rings. The topological polar surface area (TPSA) is 81.2 Å². The van der Waals surface area contributed by atoms with E-state index in [1.807, 2.05) is 30.3 Å². The molecule has 0 saturated heterocycles. The molecule has 0 radical (unpaired) electrons. The second kappa shape index (κ2) is 6.35. The molecule has 3 rings (SSSR count). The third kappa shape index (κ3) is 3.17. The van der Waals surface area contributed by atoms with Gasteiger partial charge in [0.15, 0.2) is 4.21 Å². The van der Waals surface area contributed by atoms with E-state index in [9.17, 15) is 8.42 Å². The van der Waals surface area contributed by atoms with Crippen molar-refractivity contribution in [3.05, 3.63) is 54.3 Å². The van der Waals surface area contributed by atoms with E-state index >= 15 is 0 Å². The number of nitrogens with one attached hydrogen (secondary N) is 1. The molecule has 1 aromatic carbocycles. The number of rotatable bonds is 5. The van der Waals surface area contributed by atoms with E-state index in [1.165, 1.54) is 19.6 Å². The molecule has 0 spiro atoms. The second-order valence-corrected chi connectivity index (χ2v) is 7.33. The molecule has 0 atom stereocenters. The first-order chi connectivity index (χ1) is 11.1. The Morgan fingerprint density at radius 2 is 1.96 bits per heavy atom. The number of benzene rings is 1. The SMILES string of the molecule is COc1ccsc1S(=O)(=O)Nc1cncnc1-c1ccccc1. The molecule has 6 nitrogen and oxygen atoms in total. The van der Waals surface area contributed by atoms with Crippen molar-refractivity contribution in [2.75, 3.05) is 11.8 Å². The van der Waals surface area contributed by atoms with Crippen LogP contribution in [-0.4, -0.2) is 25.5 Å². The Kier molecular flexibility index (Phi) is 4.26. The summed E-state index contributed by atoms with van der Waals surface area (Å²) in [5.74, 6) is 0.306. The maximum absolute atomic E-state index is 12.6. The summed E-state index contributed by atoms with van der Waals surface area (Å²) < 4.78 is 32.9. The summed E-state index contributed by atoms with van der Waals surface area (Å²) in [4.78, 5) is 8.10. The molecule has 2 aromatic heterocycles. The molecule has 8 heteroatoms. The molecule has 0 aliphatic rings. The lowest BCUT2D eigenvalue weighted by Gasteiger charge is -2.11. The average molecular weight is 347 g/mol. The number of nitrogens with zero attached hydrogens (tertiary/aromatic N) is 2. The first-order valence-corrected chi connectivity index (χ1v) is 8.98. The lowest BCUT2D eigenvalue weighted by Crippen LogP contribution is -2.13. The number of sulfonamides is 1. The van der Waals surface area contributed by atoms with E-state index in [4.69, 9.17) is 4.74 Å². The molecule has 0 aliphatic heterocycles. The van der Waals surface area contributed by atoms with Gasteiger partial charge >= 0.3 is 0 Å². The van der Waals surface area contributed by atoms with Crippen LogP contribution in [0.4, 0.5) is 5.69 Å². The van der Waals surface area contributed by atoms with Crippen molar-refractivity contribution in [3.63, 3.8) is 0 Å². The number of methoxy groups -OCH3 is 1. The van der Waals surface area contributed by atoms with E-state index in [-0.39, 0.29) is 4.21 Å². The highest BCUT2D eigenvalue weighted by molar-refractivity contribution is 7.94. The van der Waals surface area contributed by atoms with Crippen molar-refractivity contribution in [3.8, 4) is 17.0 Å². The van der Waals surface area contributed by atoms with Crippen LogP contribution in [0.5, 0.6) is 5.75 Å². The van der Waals surface area contributed by atoms with Crippen LogP contribution < -0.4 is 9.46 Å². The van der Waals surface area contributed by atoms with Gasteiger partial charge in [-0.25, -0.2) is 18.4 Å². The summed E-state index contributed by atoms with van der Waals surface area (Å²) in [7, 11) is -2.35. The number of hydrogen-bond donors (Lipinski definition) is 1. The van der Waals surface area contributed by atoms with E-state index in [0.29, 0.717) is 17.1 Å². The fourth-order valence-electron chi connectivity index (χ4n) is 2.05. The molecule has 3 aromatic rings.